The third-order valence-corrected chi connectivity index (χ3v) is 6.22. The van der Waals surface area contributed by atoms with Crippen LogP contribution in [0.3, 0.4) is 0 Å². The van der Waals surface area contributed by atoms with E-state index >= 15 is 0 Å². The normalized spacial score (nSPS) is 29.2. The second kappa shape index (κ2) is 10.2. The van der Waals surface area contributed by atoms with E-state index in [9.17, 15) is 25.5 Å². The molecule has 8 nitrogen and oxygen atoms in total. The minimum absolute atomic E-state index is 0.203. The number of ether oxygens (including phenoxy) is 2. The topological polar surface area (TPSA) is 123 Å². The van der Waals surface area contributed by atoms with Crippen molar-refractivity contribution >= 4 is 5.69 Å². The van der Waals surface area contributed by atoms with Crippen LogP contribution in [-0.4, -0.2) is 82.0 Å². The van der Waals surface area contributed by atoms with Gasteiger partial charge in [0.2, 0.25) is 6.29 Å². The summed E-state index contributed by atoms with van der Waals surface area (Å²) in [6.07, 6.45) is -4.65. The fourth-order valence-electron chi connectivity index (χ4n) is 4.22. The lowest BCUT2D eigenvalue weighted by atomic mass is 9.99. The van der Waals surface area contributed by atoms with Crippen molar-refractivity contribution in [2.45, 2.75) is 56.1 Å². The summed E-state index contributed by atoms with van der Waals surface area (Å²) in [5.41, 5.74) is 3.08. The summed E-state index contributed by atoms with van der Waals surface area (Å²) in [5, 5.41) is 49.3. The highest BCUT2D eigenvalue weighted by atomic mass is 16.7. The van der Waals surface area contributed by atoms with Gasteiger partial charge >= 0.3 is 0 Å². The molecule has 2 saturated heterocycles. The van der Waals surface area contributed by atoms with Gasteiger partial charge in [-0.05, 0) is 42.2 Å². The number of para-hydroxylation sites is 1. The smallest absolute Gasteiger partial charge is 0.229 e. The number of anilines is 1. The quantitative estimate of drug-likeness (QED) is 0.434. The number of aliphatic hydroxyl groups excluding tert-OH is 5. The van der Waals surface area contributed by atoms with Crippen LogP contribution in [0.2, 0.25) is 0 Å². The summed E-state index contributed by atoms with van der Waals surface area (Å²) in [6.45, 7) is 1.18. The van der Waals surface area contributed by atoms with Crippen molar-refractivity contribution in [3.63, 3.8) is 0 Å². The number of piperidine rings is 1. The minimum atomic E-state index is -1.48. The Bertz CT molecular complexity index is 867. The molecule has 2 fully saturated rings. The molecule has 2 heterocycles. The minimum Gasteiger partial charge on any atom is -0.462 e. The van der Waals surface area contributed by atoms with Gasteiger partial charge in [-0.3, -0.25) is 0 Å². The molecular formula is C24H31NO7. The van der Waals surface area contributed by atoms with Crippen molar-refractivity contribution in [1.82, 2.24) is 0 Å². The molecule has 2 aromatic carbocycles. The molecule has 174 valence electrons. The fraction of sp³-hybridized carbons (Fsp3) is 0.500. The zero-order chi connectivity index (χ0) is 22.7. The summed E-state index contributed by atoms with van der Waals surface area (Å²) >= 11 is 0. The van der Waals surface area contributed by atoms with E-state index in [0.717, 1.165) is 42.7 Å². The van der Waals surface area contributed by atoms with Crippen LogP contribution in [0.1, 0.15) is 24.0 Å². The van der Waals surface area contributed by atoms with E-state index in [2.05, 4.69) is 29.2 Å². The summed E-state index contributed by atoms with van der Waals surface area (Å²) in [7, 11) is 0. The molecule has 32 heavy (non-hydrogen) atoms. The maximum absolute atomic E-state index is 10.3. The van der Waals surface area contributed by atoms with E-state index in [1.54, 1.807) is 12.1 Å². The van der Waals surface area contributed by atoms with Crippen LogP contribution in [0, 0.1) is 0 Å². The van der Waals surface area contributed by atoms with Gasteiger partial charge in [-0.15, -0.1) is 0 Å². The molecule has 0 aliphatic carbocycles. The molecule has 4 rings (SSSR count). The Balaban J connectivity index is 1.44. The van der Waals surface area contributed by atoms with Crippen molar-refractivity contribution in [1.29, 1.82) is 0 Å². The second-order valence-corrected chi connectivity index (χ2v) is 8.48. The SMILES string of the molecule is OC[C@H]1O[C@@H](Oc2ccccc2Cc2ccc(N3CCC(O)CC3)cc2)[C@H](O)[C@@H](O)[C@@H]1O. The molecule has 0 unspecified atom stereocenters. The van der Waals surface area contributed by atoms with E-state index in [1.807, 2.05) is 12.1 Å². The van der Waals surface area contributed by atoms with Gasteiger partial charge in [-0.25, -0.2) is 0 Å². The van der Waals surface area contributed by atoms with Crippen LogP contribution in [0.5, 0.6) is 5.75 Å². The van der Waals surface area contributed by atoms with Crippen molar-refractivity contribution in [2.24, 2.45) is 0 Å². The van der Waals surface area contributed by atoms with E-state index < -0.39 is 37.3 Å². The largest absolute Gasteiger partial charge is 0.462 e. The Labute approximate surface area is 187 Å². The van der Waals surface area contributed by atoms with Gasteiger partial charge in [0.1, 0.15) is 30.2 Å². The first kappa shape index (κ1) is 23.0. The van der Waals surface area contributed by atoms with Crippen LogP contribution in [0.4, 0.5) is 5.69 Å². The molecule has 2 aliphatic heterocycles. The number of hydrogen-bond donors (Lipinski definition) is 5. The summed E-state index contributed by atoms with van der Waals surface area (Å²) in [5.74, 6) is 0.492. The highest BCUT2D eigenvalue weighted by Crippen LogP contribution is 2.28. The summed E-state index contributed by atoms with van der Waals surface area (Å²) in [4.78, 5) is 2.27. The zero-order valence-electron chi connectivity index (χ0n) is 17.8. The van der Waals surface area contributed by atoms with Crippen LogP contribution < -0.4 is 9.64 Å². The van der Waals surface area contributed by atoms with Crippen LogP contribution >= 0.6 is 0 Å². The molecule has 0 spiro atoms. The summed E-state index contributed by atoms with van der Waals surface area (Å²) in [6, 6.07) is 15.6. The van der Waals surface area contributed by atoms with Gasteiger partial charge in [-0.1, -0.05) is 30.3 Å². The molecule has 0 saturated carbocycles. The number of aliphatic hydroxyl groups is 5. The van der Waals surface area contributed by atoms with E-state index in [4.69, 9.17) is 9.47 Å². The van der Waals surface area contributed by atoms with Gasteiger partial charge in [0.15, 0.2) is 0 Å². The molecule has 0 bridgehead atoms. The highest BCUT2D eigenvalue weighted by Gasteiger charge is 2.44. The third kappa shape index (κ3) is 5.06. The standard InChI is InChI=1S/C24H31NO7/c26-14-20-21(28)22(29)23(30)24(32-20)31-19-4-2-1-3-16(19)13-15-5-7-17(8-6-15)25-11-9-18(27)10-12-25/h1-8,18,20-24,26-30H,9-14H2/t20-,21-,22+,23-,24-/m1/s1. The van der Waals surface area contributed by atoms with Gasteiger partial charge in [0.05, 0.1) is 12.7 Å². The van der Waals surface area contributed by atoms with Gasteiger partial charge in [0.25, 0.3) is 0 Å². The Kier molecular flexibility index (Phi) is 7.30. The van der Waals surface area contributed by atoms with Crippen molar-refractivity contribution in [3.05, 3.63) is 59.7 Å². The van der Waals surface area contributed by atoms with Gasteiger partial charge in [0, 0.05) is 25.2 Å². The Morgan fingerprint density at radius 3 is 2.25 bits per heavy atom. The number of benzene rings is 2. The molecule has 5 N–H and O–H groups in total. The summed E-state index contributed by atoms with van der Waals surface area (Å²) < 4.78 is 11.3. The van der Waals surface area contributed by atoms with Crippen LogP contribution in [-0.2, 0) is 11.2 Å². The molecule has 2 aliphatic rings. The molecule has 0 amide bonds. The van der Waals surface area contributed by atoms with Crippen LogP contribution in [0.25, 0.3) is 0 Å². The molecule has 8 heteroatoms. The molecule has 2 aromatic rings. The predicted octanol–water partition coefficient (Wildman–Crippen LogP) is 0.417. The van der Waals surface area contributed by atoms with E-state index in [0.29, 0.717) is 12.2 Å². The monoisotopic (exact) mass is 445 g/mol. The molecule has 0 aromatic heterocycles. The van der Waals surface area contributed by atoms with Crippen molar-refractivity contribution < 1.29 is 35.0 Å². The van der Waals surface area contributed by atoms with E-state index in [-0.39, 0.29) is 6.10 Å². The Hall–Kier alpha value is -2.20. The average molecular weight is 446 g/mol. The third-order valence-electron chi connectivity index (χ3n) is 6.22. The first-order valence-electron chi connectivity index (χ1n) is 11.0. The highest BCUT2D eigenvalue weighted by molar-refractivity contribution is 5.49. The molecular weight excluding hydrogens is 414 g/mol. The van der Waals surface area contributed by atoms with Gasteiger partial charge in [-0.2, -0.15) is 0 Å². The first-order valence-corrected chi connectivity index (χ1v) is 11.0. The van der Waals surface area contributed by atoms with Gasteiger partial charge < -0.3 is 39.9 Å². The lowest BCUT2D eigenvalue weighted by molar-refractivity contribution is -0.277. The maximum atomic E-state index is 10.3. The van der Waals surface area contributed by atoms with E-state index in [1.165, 1.54) is 0 Å². The first-order chi connectivity index (χ1) is 15.5. The number of nitrogens with zero attached hydrogens (tertiary/aromatic N) is 1. The van der Waals surface area contributed by atoms with Crippen LogP contribution in [0.15, 0.2) is 48.5 Å². The predicted molar refractivity (Wildman–Crippen MR) is 118 cm³/mol. The lowest BCUT2D eigenvalue weighted by Gasteiger charge is -2.39. The van der Waals surface area contributed by atoms with Crippen molar-refractivity contribution in [3.8, 4) is 5.75 Å². The zero-order valence-corrected chi connectivity index (χ0v) is 17.8. The second-order valence-electron chi connectivity index (χ2n) is 8.48. The number of rotatable bonds is 6. The molecule has 0 radical (unpaired) electrons. The number of hydrogen-bond acceptors (Lipinski definition) is 8. The van der Waals surface area contributed by atoms with Crippen molar-refractivity contribution in [2.75, 3.05) is 24.6 Å². The Morgan fingerprint density at radius 2 is 1.56 bits per heavy atom. The Morgan fingerprint density at radius 1 is 0.875 bits per heavy atom. The maximum Gasteiger partial charge on any atom is 0.229 e. The average Bonchev–Trinajstić information content (AvgIpc) is 2.81. The lowest BCUT2D eigenvalue weighted by Crippen LogP contribution is -2.60. The molecule has 5 atom stereocenters. The fourth-order valence-corrected chi connectivity index (χ4v) is 4.22.